The first-order valence-electron chi connectivity index (χ1n) is 6.77. The smallest absolute Gasteiger partial charge is 0.351 e. The summed E-state index contributed by atoms with van der Waals surface area (Å²) in [6.45, 7) is 4.34. The third-order valence-corrected chi connectivity index (χ3v) is 3.27. The van der Waals surface area contributed by atoms with Crippen LogP contribution in [0.4, 0.5) is 0 Å². The Labute approximate surface area is 118 Å². The van der Waals surface area contributed by atoms with Gasteiger partial charge in [0.25, 0.3) is 0 Å². The molecule has 0 saturated carbocycles. The third-order valence-electron chi connectivity index (χ3n) is 3.27. The Kier molecular flexibility index (Phi) is 4.27. The van der Waals surface area contributed by atoms with Gasteiger partial charge in [0, 0.05) is 6.42 Å². The molecule has 5 heteroatoms. The van der Waals surface area contributed by atoms with E-state index in [9.17, 15) is 4.79 Å². The Bertz CT molecular complexity index is 509. The average molecular weight is 277 g/mol. The molecule has 1 aromatic rings. The van der Waals surface area contributed by atoms with Gasteiger partial charge in [0.15, 0.2) is 0 Å². The van der Waals surface area contributed by atoms with Crippen LogP contribution in [0.1, 0.15) is 38.7 Å². The van der Waals surface area contributed by atoms with Crippen LogP contribution < -0.4 is 4.74 Å². The van der Waals surface area contributed by atoms with Gasteiger partial charge in [-0.15, -0.1) is 0 Å². The molecule has 1 aliphatic heterocycles. The Hall–Kier alpha value is -2.04. The van der Waals surface area contributed by atoms with E-state index in [-0.39, 0.29) is 6.42 Å². The molecular weight excluding hydrogens is 258 g/mol. The number of carboxylic acids is 1. The number of hydrogen-bond acceptors (Lipinski definition) is 4. The number of ether oxygens (including phenoxy) is 1. The topological polar surface area (TPSA) is 68.1 Å². The molecule has 0 aromatic heterocycles. The van der Waals surface area contributed by atoms with Gasteiger partial charge in [-0.05, 0) is 43.2 Å². The fourth-order valence-electron chi connectivity index (χ4n) is 1.89. The summed E-state index contributed by atoms with van der Waals surface area (Å²) in [5, 5.41) is 13.0. The van der Waals surface area contributed by atoms with Gasteiger partial charge >= 0.3 is 5.97 Å². The van der Waals surface area contributed by atoms with E-state index in [1.165, 1.54) is 6.92 Å². The zero-order valence-corrected chi connectivity index (χ0v) is 11.8. The van der Waals surface area contributed by atoms with E-state index in [2.05, 4.69) is 12.1 Å². The van der Waals surface area contributed by atoms with Gasteiger partial charge in [-0.2, -0.15) is 0 Å². The summed E-state index contributed by atoms with van der Waals surface area (Å²) in [5.74, 6) is -0.196. The van der Waals surface area contributed by atoms with Crippen LogP contribution in [0.25, 0.3) is 0 Å². The monoisotopic (exact) mass is 277 g/mol. The summed E-state index contributed by atoms with van der Waals surface area (Å²) in [6.07, 6.45) is 2.39. The highest BCUT2D eigenvalue weighted by molar-refractivity contribution is 6.04. The number of oxime groups is 1. The summed E-state index contributed by atoms with van der Waals surface area (Å²) >= 11 is 0. The standard InChI is InChI=1S/C15H19NO4/c1-3-4-9-19-12-7-5-11(6-8-12)13-10-15(2,14(17)18)20-16-13/h5-8H,3-4,9-10H2,1-2H3,(H,17,18)/t15-/m1/s1. The van der Waals surface area contributed by atoms with Crippen molar-refractivity contribution in [2.24, 2.45) is 5.16 Å². The van der Waals surface area contributed by atoms with Crippen LogP contribution in [0.15, 0.2) is 29.4 Å². The van der Waals surface area contributed by atoms with Crippen LogP contribution in [0, 0.1) is 0 Å². The van der Waals surface area contributed by atoms with E-state index in [4.69, 9.17) is 14.7 Å². The van der Waals surface area contributed by atoms with Crippen molar-refractivity contribution in [1.29, 1.82) is 0 Å². The molecule has 1 N–H and O–H groups in total. The molecule has 5 nitrogen and oxygen atoms in total. The number of benzene rings is 1. The summed E-state index contributed by atoms with van der Waals surface area (Å²) in [7, 11) is 0. The molecule has 1 atom stereocenters. The Morgan fingerprint density at radius 3 is 2.70 bits per heavy atom. The van der Waals surface area contributed by atoms with Gasteiger partial charge in [0.2, 0.25) is 5.60 Å². The highest BCUT2D eigenvalue weighted by Crippen LogP contribution is 2.27. The van der Waals surface area contributed by atoms with Crippen molar-refractivity contribution < 1.29 is 19.5 Å². The normalized spacial score (nSPS) is 21.2. The maximum atomic E-state index is 11.1. The van der Waals surface area contributed by atoms with Crippen molar-refractivity contribution in [3.8, 4) is 5.75 Å². The number of hydrogen-bond donors (Lipinski definition) is 1. The van der Waals surface area contributed by atoms with Crippen molar-refractivity contribution in [2.75, 3.05) is 6.61 Å². The van der Waals surface area contributed by atoms with Crippen molar-refractivity contribution in [3.63, 3.8) is 0 Å². The summed E-state index contributed by atoms with van der Waals surface area (Å²) in [4.78, 5) is 16.1. The molecular formula is C15H19NO4. The number of nitrogens with zero attached hydrogens (tertiary/aromatic N) is 1. The van der Waals surface area contributed by atoms with Crippen LogP contribution in [0.3, 0.4) is 0 Å². The fraction of sp³-hybridized carbons (Fsp3) is 0.467. The summed E-state index contributed by atoms with van der Waals surface area (Å²) in [5.41, 5.74) is 0.249. The predicted octanol–water partition coefficient (Wildman–Crippen LogP) is 2.83. The first kappa shape index (κ1) is 14.4. The van der Waals surface area contributed by atoms with Gasteiger partial charge in [-0.3, -0.25) is 0 Å². The molecule has 0 spiro atoms. The minimum Gasteiger partial charge on any atom is -0.494 e. The highest BCUT2D eigenvalue weighted by atomic mass is 16.7. The number of carbonyl (C=O) groups is 1. The molecule has 0 fully saturated rings. The molecule has 0 amide bonds. The molecule has 2 rings (SSSR count). The molecule has 1 heterocycles. The molecule has 0 radical (unpaired) electrons. The van der Waals surface area contributed by atoms with Gasteiger partial charge in [-0.1, -0.05) is 18.5 Å². The predicted molar refractivity (Wildman–Crippen MR) is 75.1 cm³/mol. The van der Waals surface area contributed by atoms with Crippen molar-refractivity contribution in [1.82, 2.24) is 0 Å². The minimum atomic E-state index is -1.26. The van der Waals surface area contributed by atoms with Crippen LogP contribution in [0.5, 0.6) is 5.75 Å². The average Bonchev–Trinajstić information content (AvgIpc) is 2.84. The van der Waals surface area contributed by atoms with Crippen molar-refractivity contribution in [3.05, 3.63) is 29.8 Å². The lowest BCUT2D eigenvalue weighted by molar-refractivity contribution is -0.160. The van der Waals surface area contributed by atoms with E-state index in [0.29, 0.717) is 12.3 Å². The lowest BCUT2D eigenvalue weighted by atomic mass is 9.96. The number of carboxylic acid groups (broad SMARTS) is 1. The fourth-order valence-corrected chi connectivity index (χ4v) is 1.89. The van der Waals surface area contributed by atoms with E-state index >= 15 is 0 Å². The molecule has 0 saturated heterocycles. The zero-order valence-electron chi connectivity index (χ0n) is 11.8. The first-order chi connectivity index (χ1) is 9.55. The molecule has 108 valence electrons. The van der Waals surface area contributed by atoms with Gasteiger partial charge in [0.1, 0.15) is 5.75 Å². The van der Waals surface area contributed by atoms with Crippen LogP contribution >= 0.6 is 0 Å². The lowest BCUT2D eigenvalue weighted by Gasteiger charge is -2.14. The minimum absolute atomic E-state index is 0.262. The number of rotatable bonds is 6. The van der Waals surface area contributed by atoms with Gasteiger partial charge in [0.05, 0.1) is 12.3 Å². The number of unbranched alkanes of at least 4 members (excludes halogenated alkanes) is 1. The SMILES string of the molecule is CCCCOc1ccc(C2=NO[C@@](C)(C(=O)O)C2)cc1. The molecule has 0 aliphatic carbocycles. The van der Waals surface area contributed by atoms with E-state index < -0.39 is 11.6 Å². The molecule has 20 heavy (non-hydrogen) atoms. The quantitative estimate of drug-likeness (QED) is 0.812. The molecule has 1 aromatic carbocycles. The number of aliphatic carboxylic acids is 1. The van der Waals surface area contributed by atoms with Crippen molar-refractivity contribution in [2.45, 2.75) is 38.7 Å². The Morgan fingerprint density at radius 1 is 1.45 bits per heavy atom. The third kappa shape index (κ3) is 3.10. The van der Waals surface area contributed by atoms with Crippen LogP contribution in [-0.2, 0) is 9.63 Å². The van der Waals surface area contributed by atoms with Crippen molar-refractivity contribution >= 4 is 11.7 Å². The van der Waals surface area contributed by atoms with Crippen LogP contribution in [-0.4, -0.2) is 29.0 Å². The maximum Gasteiger partial charge on any atom is 0.351 e. The summed E-state index contributed by atoms with van der Waals surface area (Å²) in [6, 6.07) is 7.47. The molecule has 0 unspecified atom stereocenters. The maximum absolute atomic E-state index is 11.1. The second kappa shape index (κ2) is 5.94. The van der Waals surface area contributed by atoms with E-state index in [0.717, 1.165) is 24.2 Å². The Balaban J connectivity index is 1.99. The largest absolute Gasteiger partial charge is 0.494 e. The van der Waals surface area contributed by atoms with Crippen LogP contribution in [0.2, 0.25) is 0 Å². The summed E-state index contributed by atoms with van der Waals surface area (Å²) < 4.78 is 5.58. The molecule has 0 bridgehead atoms. The van der Waals surface area contributed by atoms with Gasteiger partial charge in [-0.25, -0.2) is 4.79 Å². The second-order valence-electron chi connectivity index (χ2n) is 5.07. The van der Waals surface area contributed by atoms with E-state index in [1.54, 1.807) is 0 Å². The highest BCUT2D eigenvalue weighted by Gasteiger charge is 2.42. The molecule has 1 aliphatic rings. The van der Waals surface area contributed by atoms with E-state index in [1.807, 2.05) is 24.3 Å². The zero-order chi connectivity index (χ0) is 14.6. The Morgan fingerprint density at radius 2 is 2.15 bits per heavy atom. The second-order valence-corrected chi connectivity index (χ2v) is 5.07. The lowest BCUT2D eigenvalue weighted by Crippen LogP contribution is -2.35. The van der Waals surface area contributed by atoms with Gasteiger partial charge < -0.3 is 14.7 Å². The first-order valence-corrected chi connectivity index (χ1v) is 6.77.